The van der Waals surface area contributed by atoms with E-state index in [4.69, 9.17) is 4.74 Å². The molecule has 1 aromatic carbocycles. The third-order valence-corrected chi connectivity index (χ3v) is 13.0. The Morgan fingerprint density at radius 2 is 1.80 bits per heavy atom. The van der Waals surface area contributed by atoms with Gasteiger partial charge in [0.1, 0.15) is 23.5 Å². The molecule has 0 spiro atoms. The summed E-state index contributed by atoms with van der Waals surface area (Å²) in [6, 6.07) is 3.11. The lowest BCUT2D eigenvalue weighted by molar-refractivity contribution is -0.243. The van der Waals surface area contributed by atoms with Crippen LogP contribution in [0.2, 0.25) is 0 Å². The van der Waals surface area contributed by atoms with Crippen molar-refractivity contribution < 1.29 is 58.9 Å². The largest absolute Gasteiger partial charge is 0.471 e. The Morgan fingerprint density at radius 3 is 2.43 bits per heavy atom. The van der Waals surface area contributed by atoms with Gasteiger partial charge in [0.15, 0.2) is 0 Å². The Labute approximate surface area is 326 Å². The number of nitrogens with zero attached hydrogens (tertiary/aromatic N) is 3. The molecule has 4 N–H and O–H groups in total. The van der Waals surface area contributed by atoms with E-state index in [1.165, 1.54) is 29.3 Å². The topological polar surface area (TPSA) is 200 Å². The second kappa shape index (κ2) is 15.8. The number of sulfonamides is 1. The SMILES string of the molecule is CC(C)(OC(N)=O)C(F)(F)F.C[C@@H]1CC/C=C\[C@@H]2C[C@@]2(C(=O)NS(=O)(=O)C2(C)CC2)NC(=O)[C@@H]2C[C@@H](Oc3cnc4cc(F)ccc4n3)CN2C(=O)C[C@H](C)C1.[HH].[HH].[HH]. The normalized spacial score (nSPS) is 28.5. The molecule has 4 aliphatic rings. The summed E-state index contributed by atoms with van der Waals surface area (Å²) in [5.41, 5.74) is 1.27. The van der Waals surface area contributed by atoms with Crippen LogP contribution in [0.15, 0.2) is 36.5 Å². The molecule has 2 aliphatic heterocycles. The van der Waals surface area contributed by atoms with E-state index in [1.807, 2.05) is 19.1 Å². The Balaban J connectivity index is 0.000000756. The number of rotatable bonds is 6. The number of alkyl halides is 3. The smallest absolute Gasteiger partial charge is 0.427 e. The lowest BCUT2D eigenvalue weighted by Crippen LogP contribution is -2.57. The predicted molar refractivity (Wildman–Crippen MR) is 201 cm³/mol. The highest BCUT2D eigenvalue weighted by molar-refractivity contribution is 7.91. The Bertz CT molecular complexity index is 2010. The molecule has 0 unspecified atom stereocenters. The van der Waals surface area contributed by atoms with Crippen molar-refractivity contribution in [1.82, 2.24) is 24.9 Å². The molecule has 3 heterocycles. The van der Waals surface area contributed by atoms with Crippen LogP contribution in [-0.2, 0) is 29.1 Å². The number of hydrogen-bond acceptors (Lipinski definition) is 10. The fourth-order valence-corrected chi connectivity index (χ4v) is 8.23. The fraction of sp³-hybridized carbons (Fsp3) is 0.622. The summed E-state index contributed by atoms with van der Waals surface area (Å²) in [6.07, 6.45) is 2.76. The van der Waals surface area contributed by atoms with Crippen molar-refractivity contribution in [3.05, 3.63) is 42.4 Å². The molecule has 6 rings (SSSR count). The highest BCUT2D eigenvalue weighted by atomic mass is 32.2. The van der Waals surface area contributed by atoms with Crippen LogP contribution >= 0.6 is 0 Å². The average Bonchev–Trinajstić information content (AvgIpc) is 3.95. The van der Waals surface area contributed by atoms with Gasteiger partial charge in [-0.2, -0.15) is 13.2 Å². The number of fused-ring (bicyclic) bond motifs is 3. The number of ether oxygens (including phenoxy) is 2. The van der Waals surface area contributed by atoms with Crippen molar-refractivity contribution in [2.45, 2.75) is 120 Å². The molecule has 4 amide bonds. The lowest BCUT2D eigenvalue weighted by atomic mass is 9.91. The zero-order valence-electron chi connectivity index (χ0n) is 31.8. The van der Waals surface area contributed by atoms with Crippen LogP contribution in [0.5, 0.6) is 5.88 Å². The van der Waals surface area contributed by atoms with Crippen LogP contribution in [0.25, 0.3) is 11.0 Å². The maximum Gasteiger partial charge on any atom is 0.427 e. The molecule has 19 heteroatoms. The third kappa shape index (κ3) is 9.69. The van der Waals surface area contributed by atoms with E-state index in [-0.39, 0.29) is 53.7 Å². The molecule has 6 atom stereocenters. The molecule has 314 valence electrons. The van der Waals surface area contributed by atoms with Gasteiger partial charge in [0.2, 0.25) is 33.3 Å². The van der Waals surface area contributed by atoms with Crippen molar-refractivity contribution in [2.24, 2.45) is 23.5 Å². The zero-order chi connectivity index (χ0) is 41.4. The monoisotopic (exact) mass is 818 g/mol. The molecular weight excluding hydrogens is 764 g/mol. The molecule has 0 bridgehead atoms. The van der Waals surface area contributed by atoms with Gasteiger partial charge in [0.25, 0.3) is 5.91 Å². The minimum absolute atomic E-state index is 0. The van der Waals surface area contributed by atoms with Gasteiger partial charge in [0, 0.05) is 29.1 Å². The molecular formula is C37H54F4N6O8S. The van der Waals surface area contributed by atoms with E-state index in [0.717, 1.165) is 33.1 Å². The number of aromatic nitrogens is 2. The van der Waals surface area contributed by atoms with E-state index in [2.05, 4.69) is 37.4 Å². The van der Waals surface area contributed by atoms with Crippen molar-refractivity contribution in [3.8, 4) is 5.88 Å². The first-order chi connectivity index (χ1) is 25.9. The zero-order valence-corrected chi connectivity index (χ0v) is 32.6. The van der Waals surface area contributed by atoms with Gasteiger partial charge in [-0.1, -0.05) is 26.0 Å². The van der Waals surface area contributed by atoms with Gasteiger partial charge in [-0.3, -0.25) is 19.1 Å². The number of benzene rings is 1. The minimum atomic E-state index is -4.60. The van der Waals surface area contributed by atoms with Crippen LogP contribution in [0, 0.1) is 23.6 Å². The van der Waals surface area contributed by atoms with Crippen LogP contribution in [-0.4, -0.2) is 87.9 Å². The molecule has 2 saturated carbocycles. The van der Waals surface area contributed by atoms with E-state index in [0.29, 0.717) is 29.8 Å². The number of carbonyl (C=O) groups is 4. The molecule has 56 heavy (non-hydrogen) atoms. The first kappa shape index (κ1) is 42.6. The Kier molecular flexibility index (Phi) is 12.0. The second-order valence-corrected chi connectivity index (χ2v) is 18.3. The standard InChI is InChI=1S/C32H40FN5O6S.C5H8F3NO2.3H2/c1-19-6-4-5-7-21-16-32(21,30(41)37-45(42,43)31(3)10-11-31)36-29(40)26-15-23(18-38(26)28(39)13-20(2)12-19)44-27-17-34-25-14-22(33)8-9-24(25)35-27;1-4(2,5(6,7)8)11-3(9)10;;;/h5,7-9,14,17,19-21,23,26H,4,6,10-13,15-16,18H2,1-3H3,(H,36,40)(H,37,41);1-2H3,(H2,9,10);3*1H/b7-5-;;;;/t19-,20-,21-,23-,26+,32-;;;;/m1..../s1. The summed E-state index contributed by atoms with van der Waals surface area (Å²) in [7, 11) is -3.92. The summed E-state index contributed by atoms with van der Waals surface area (Å²) in [5.74, 6) is -1.65. The van der Waals surface area contributed by atoms with E-state index >= 15 is 0 Å². The van der Waals surface area contributed by atoms with E-state index in [9.17, 15) is 45.2 Å². The van der Waals surface area contributed by atoms with Crippen molar-refractivity contribution >= 4 is 44.9 Å². The quantitative estimate of drug-likeness (QED) is 0.245. The molecule has 3 fully saturated rings. The number of amides is 4. The van der Waals surface area contributed by atoms with Crippen molar-refractivity contribution in [1.29, 1.82) is 0 Å². The Morgan fingerprint density at radius 1 is 1.11 bits per heavy atom. The number of nitrogens with two attached hydrogens (primary N) is 1. The van der Waals surface area contributed by atoms with Crippen LogP contribution in [0.1, 0.15) is 90.3 Å². The van der Waals surface area contributed by atoms with Gasteiger partial charge in [-0.25, -0.2) is 27.6 Å². The van der Waals surface area contributed by atoms with Crippen LogP contribution < -0.4 is 20.5 Å². The number of halogens is 4. The molecule has 0 radical (unpaired) electrons. The summed E-state index contributed by atoms with van der Waals surface area (Å²) in [6.45, 7) is 7.34. The summed E-state index contributed by atoms with van der Waals surface area (Å²) in [5, 5.41) is 2.88. The minimum Gasteiger partial charge on any atom is -0.471 e. The highest BCUT2D eigenvalue weighted by Crippen LogP contribution is 2.47. The highest BCUT2D eigenvalue weighted by Gasteiger charge is 2.63. The third-order valence-electron chi connectivity index (χ3n) is 10.8. The lowest BCUT2D eigenvalue weighted by Gasteiger charge is -2.27. The summed E-state index contributed by atoms with van der Waals surface area (Å²) in [4.78, 5) is 61.3. The van der Waals surface area contributed by atoms with Crippen LogP contribution in [0.4, 0.5) is 22.4 Å². The summed E-state index contributed by atoms with van der Waals surface area (Å²) >= 11 is 0. The van der Waals surface area contributed by atoms with Crippen LogP contribution in [0.3, 0.4) is 0 Å². The van der Waals surface area contributed by atoms with Gasteiger partial charge in [0.05, 0.1) is 28.5 Å². The number of primary amides is 1. The van der Waals surface area contributed by atoms with E-state index < -0.39 is 68.0 Å². The summed E-state index contributed by atoms with van der Waals surface area (Å²) < 4.78 is 86.3. The first-order valence-electron chi connectivity index (χ1n) is 18.4. The van der Waals surface area contributed by atoms with E-state index in [1.54, 1.807) is 6.92 Å². The maximum absolute atomic E-state index is 14.0. The Hall–Kier alpha value is -4.55. The molecule has 1 saturated heterocycles. The second-order valence-electron chi connectivity index (χ2n) is 16.1. The molecule has 2 aliphatic carbocycles. The number of hydrogen-bond donors (Lipinski definition) is 3. The molecule has 1 aromatic heterocycles. The van der Waals surface area contributed by atoms with Gasteiger partial charge >= 0.3 is 12.3 Å². The maximum atomic E-state index is 14.0. The average molecular weight is 819 g/mol. The number of carbonyl (C=O) groups excluding carboxylic acids is 4. The van der Waals surface area contributed by atoms with Crippen molar-refractivity contribution in [2.75, 3.05) is 6.54 Å². The van der Waals surface area contributed by atoms with Gasteiger partial charge in [-0.05, 0) is 83.3 Å². The van der Waals surface area contributed by atoms with Gasteiger partial charge < -0.3 is 25.4 Å². The first-order valence-corrected chi connectivity index (χ1v) is 19.9. The number of nitrogens with one attached hydrogen (secondary N) is 2. The predicted octanol–water partition coefficient (Wildman–Crippen LogP) is 5.55. The molecule has 14 nitrogen and oxygen atoms in total. The molecule has 2 aromatic rings. The number of allylic oxidation sites excluding steroid dienone is 1. The van der Waals surface area contributed by atoms with Gasteiger partial charge in [-0.15, -0.1) is 0 Å². The van der Waals surface area contributed by atoms with Crippen molar-refractivity contribution in [3.63, 3.8) is 0 Å². The fourth-order valence-electron chi connectivity index (χ4n) is 6.92.